The lowest BCUT2D eigenvalue weighted by Gasteiger charge is -2.03. The average Bonchev–Trinajstić information content (AvgIpc) is 2.16. The summed E-state index contributed by atoms with van der Waals surface area (Å²) in [5, 5.41) is 4.48. The molecular weight excluding hydrogens is 249 g/mol. The van der Waals surface area contributed by atoms with Gasteiger partial charge in [0, 0.05) is 17.4 Å². The van der Waals surface area contributed by atoms with Crippen molar-refractivity contribution >= 4 is 27.5 Å². The van der Waals surface area contributed by atoms with Gasteiger partial charge in [-0.15, -0.1) is 0 Å². The molecule has 0 aromatic carbocycles. The van der Waals surface area contributed by atoms with E-state index in [1.807, 2.05) is 6.92 Å². The molecule has 0 radical (unpaired) electrons. The lowest BCUT2D eigenvalue weighted by Crippen LogP contribution is -2.17. The van der Waals surface area contributed by atoms with Gasteiger partial charge in [0.15, 0.2) is 0 Å². The normalized spacial score (nSPS) is 12.1. The highest BCUT2D eigenvalue weighted by molar-refractivity contribution is 9.09. The molecule has 0 aromatic rings. The van der Waals surface area contributed by atoms with E-state index < -0.39 is 0 Å². The Morgan fingerprint density at radius 3 is 2.62 bits per heavy atom. The van der Waals surface area contributed by atoms with E-state index in [4.69, 9.17) is 11.6 Å². The Hall–Kier alpha value is 0.470. The summed E-state index contributed by atoms with van der Waals surface area (Å²) in [5.74, 6) is 0. The quantitative estimate of drug-likeness (QED) is 0.523. The fourth-order valence-electron chi connectivity index (χ4n) is 1.02. The van der Waals surface area contributed by atoms with Crippen molar-refractivity contribution in [2.45, 2.75) is 32.6 Å². The second kappa shape index (κ2) is 10.6. The van der Waals surface area contributed by atoms with Crippen molar-refractivity contribution in [3.8, 4) is 0 Å². The standard InChI is InChI=1S/C10H19BrClN/c1-10(8-12)9-13-7-5-3-2-4-6-11/h8,13H,2-7,9H2,1H3. The van der Waals surface area contributed by atoms with Gasteiger partial charge in [-0.2, -0.15) is 0 Å². The molecule has 78 valence electrons. The van der Waals surface area contributed by atoms with Crippen molar-refractivity contribution in [2.75, 3.05) is 18.4 Å². The van der Waals surface area contributed by atoms with Crippen LogP contribution in [0.15, 0.2) is 11.1 Å². The topological polar surface area (TPSA) is 12.0 Å². The van der Waals surface area contributed by atoms with E-state index in [-0.39, 0.29) is 0 Å². The van der Waals surface area contributed by atoms with Crippen LogP contribution < -0.4 is 5.32 Å². The number of hydrogen-bond donors (Lipinski definition) is 1. The van der Waals surface area contributed by atoms with Crippen LogP contribution in [0.5, 0.6) is 0 Å². The molecule has 0 spiro atoms. The molecule has 0 rings (SSSR count). The zero-order valence-corrected chi connectivity index (χ0v) is 10.6. The molecule has 1 nitrogen and oxygen atoms in total. The SMILES string of the molecule is CC(=CCl)CNCCCCCCBr. The molecule has 0 amide bonds. The predicted octanol–water partition coefficient (Wildman–Crippen LogP) is 3.67. The Labute approximate surface area is 95.1 Å². The van der Waals surface area contributed by atoms with Crippen molar-refractivity contribution in [2.24, 2.45) is 0 Å². The Balaban J connectivity index is 3.00. The van der Waals surface area contributed by atoms with Crippen molar-refractivity contribution in [1.29, 1.82) is 0 Å². The van der Waals surface area contributed by atoms with Crippen molar-refractivity contribution < 1.29 is 0 Å². The van der Waals surface area contributed by atoms with Gasteiger partial charge in [-0.3, -0.25) is 0 Å². The number of nitrogens with one attached hydrogen (secondary N) is 1. The molecular formula is C10H19BrClN. The van der Waals surface area contributed by atoms with E-state index in [2.05, 4.69) is 21.2 Å². The smallest absolute Gasteiger partial charge is 0.0173 e. The molecule has 0 aliphatic carbocycles. The summed E-state index contributed by atoms with van der Waals surface area (Å²) >= 11 is 8.95. The monoisotopic (exact) mass is 267 g/mol. The molecule has 0 aliphatic heterocycles. The van der Waals surface area contributed by atoms with Gasteiger partial charge in [-0.1, -0.05) is 40.4 Å². The first-order valence-corrected chi connectivity index (χ1v) is 6.39. The third-order valence-corrected chi connectivity index (χ3v) is 2.76. The zero-order chi connectivity index (χ0) is 9.94. The fraction of sp³-hybridized carbons (Fsp3) is 0.800. The maximum atomic E-state index is 5.53. The van der Waals surface area contributed by atoms with Gasteiger partial charge >= 0.3 is 0 Å². The Morgan fingerprint density at radius 2 is 2.00 bits per heavy atom. The molecule has 0 aliphatic rings. The number of halogens is 2. The first-order valence-electron chi connectivity index (χ1n) is 4.83. The average molecular weight is 269 g/mol. The Morgan fingerprint density at radius 1 is 1.31 bits per heavy atom. The molecule has 3 heteroatoms. The summed E-state index contributed by atoms with van der Waals surface area (Å²) < 4.78 is 0. The second-order valence-electron chi connectivity index (χ2n) is 3.24. The highest BCUT2D eigenvalue weighted by atomic mass is 79.9. The van der Waals surface area contributed by atoms with E-state index in [0.717, 1.165) is 18.4 Å². The highest BCUT2D eigenvalue weighted by Crippen LogP contribution is 2.01. The van der Waals surface area contributed by atoms with Gasteiger partial charge in [0.2, 0.25) is 0 Å². The van der Waals surface area contributed by atoms with Crippen LogP contribution in [-0.2, 0) is 0 Å². The molecule has 0 heterocycles. The third-order valence-electron chi connectivity index (χ3n) is 1.83. The lowest BCUT2D eigenvalue weighted by molar-refractivity contribution is 0.618. The summed E-state index contributed by atoms with van der Waals surface area (Å²) in [7, 11) is 0. The van der Waals surface area contributed by atoms with E-state index in [1.54, 1.807) is 5.54 Å². The second-order valence-corrected chi connectivity index (χ2v) is 4.25. The summed E-state index contributed by atoms with van der Waals surface area (Å²) in [6.07, 6.45) is 5.21. The highest BCUT2D eigenvalue weighted by Gasteiger charge is 1.90. The largest absolute Gasteiger partial charge is 0.313 e. The summed E-state index contributed by atoms with van der Waals surface area (Å²) in [5.41, 5.74) is 2.83. The van der Waals surface area contributed by atoms with Gasteiger partial charge in [0.25, 0.3) is 0 Å². The van der Waals surface area contributed by atoms with Crippen molar-refractivity contribution in [1.82, 2.24) is 5.32 Å². The summed E-state index contributed by atoms with van der Waals surface area (Å²) in [6.45, 7) is 4.05. The zero-order valence-electron chi connectivity index (χ0n) is 8.28. The maximum Gasteiger partial charge on any atom is 0.0173 e. The van der Waals surface area contributed by atoms with Gasteiger partial charge in [0.1, 0.15) is 0 Å². The molecule has 1 N–H and O–H groups in total. The summed E-state index contributed by atoms with van der Waals surface area (Å²) in [4.78, 5) is 0. The molecule has 13 heavy (non-hydrogen) atoms. The maximum absolute atomic E-state index is 5.53. The van der Waals surface area contributed by atoms with Crippen LogP contribution in [0.4, 0.5) is 0 Å². The van der Waals surface area contributed by atoms with Crippen LogP contribution in [0, 0.1) is 0 Å². The van der Waals surface area contributed by atoms with Gasteiger partial charge in [-0.05, 0) is 31.9 Å². The molecule has 0 aromatic heterocycles. The van der Waals surface area contributed by atoms with E-state index in [1.165, 1.54) is 31.3 Å². The number of unbranched alkanes of at least 4 members (excludes halogenated alkanes) is 3. The molecule has 0 saturated heterocycles. The van der Waals surface area contributed by atoms with Gasteiger partial charge in [-0.25, -0.2) is 0 Å². The van der Waals surface area contributed by atoms with Gasteiger partial charge < -0.3 is 5.32 Å². The molecule has 0 fully saturated rings. The number of hydrogen-bond acceptors (Lipinski definition) is 1. The Bertz CT molecular complexity index is 137. The minimum atomic E-state index is 0.919. The third kappa shape index (κ3) is 10.4. The number of rotatable bonds is 8. The van der Waals surface area contributed by atoms with Crippen LogP contribution in [0.2, 0.25) is 0 Å². The van der Waals surface area contributed by atoms with Crippen LogP contribution in [0.3, 0.4) is 0 Å². The predicted molar refractivity (Wildman–Crippen MR) is 64.7 cm³/mol. The molecule has 0 bridgehead atoms. The van der Waals surface area contributed by atoms with Crippen LogP contribution >= 0.6 is 27.5 Å². The van der Waals surface area contributed by atoms with Crippen molar-refractivity contribution in [3.05, 3.63) is 11.1 Å². The number of alkyl halides is 1. The summed E-state index contributed by atoms with van der Waals surface area (Å²) in [6, 6.07) is 0. The Kier molecular flexibility index (Phi) is 10.9. The first-order chi connectivity index (χ1) is 6.31. The van der Waals surface area contributed by atoms with Crippen LogP contribution in [0.25, 0.3) is 0 Å². The lowest BCUT2D eigenvalue weighted by atomic mass is 10.2. The minimum absolute atomic E-state index is 0.919. The van der Waals surface area contributed by atoms with E-state index >= 15 is 0 Å². The van der Waals surface area contributed by atoms with E-state index in [0.29, 0.717) is 0 Å². The molecule has 0 unspecified atom stereocenters. The van der Waals surface area contributed by atoms with Crippen LogP contribution in [-0.4, -0.2) is 18.4 Å². The fourth-order valence-corrected chi connectivity index (χ4v) is 1.50. The van der Waals surface area contributed by atoms with Crippen molar-refractivity contribution in [3.63, 3.8) is 0 Å². The molecule has 0 saturated carbocycles. The first kappa shape index (κ1) is 13.5. The van der Waals surface area contributed by atoms with Gasteiger partial charge in [0.05, 0.1) is 0 Å². The minimum Gasteiger partial charge on any atom is -0.313 e. The molecule has 0 atom stereocenters. The van der Waals surface area contributed by atoms with E-state index in [9.17, 15) is 0 Å². The van der Waals surface area contributed by atoms with Crippen LogP contribution in [0.1, 0.15) is 32.6 Å².